The number of nitrogens with zero attached hydrogens (tertiary/aromatic N) is 2. The van der Waals surface area contributed by atoms with Gasteiger partial charge in [-0.25, -0.2) is 13.4 Å². The highest BCUT2D eigenvalue weighted by Crippen LogP contribution is 2.25. The molecule has 1 unspecified atom stereocenters. The lowest BCUT2D eigenvalue weighted by Gasteiger charge is -2.23. The van der Waals surface area contributed by atoms with Crippen LogP contribution in [0.3, 0.4) is 0 Å². The number of anilines is 1. The standard InChI is InChI=1S/C13H20ClN3O3S/c1-3-17(9-10-5-4-6-20-10)21(18,19)11-7-12(14)13(15-2)16-8-11/h7-8,10H,3-6,9H2,1-2H3,(H,15,16). The van der Waals surface area contributed by atoms with Crippen molar-refractivity contribution in [1.29, 1.82) is 0 Å². The highest BCUT2D eigenvalue weighted by Gasteiger charge is 2.28. The predicted molar refractivity (Wildman–Crippen MR) is 82.2 cm³/mol. The molecule has 2 heterocycles. The summed E-state index contributed by atoms with van der Waals surface area (Å²) in [4.78, 5) is 4.13. The van der Waals surface area contributed by atoms with E-state index < -0.39 is 10.0 Å². The molecule has 1 aromatic heterocycles. The van der Waals surface area contributed by atoms with Crippen molar-refractivity contribution in [1.82, 2.24) is 9.29 Å². The molecule has 6 nitrogen and oxygen atoms in total. The van der Waals surface area contributed by atoms with Gasteiger partial charge in [-0.15, -0.1) is 0 Å². The Morgan fingerprint density at radius 1 is 1.57 bits per heavy atom. The molecular formula is C13H20ClN3O3S. The van der Waals surface area contributed by atoms with Gasteiger partial charge >= 0.3 is 0 Å². The molecule has 1 aliphatic heterocycles. The Bertz CT molecular complexity index is 588. The quantitative estimate of drug-likeness (QED) is 0.861. The monoisotopic (exact) mass is 333 g/mol. The fourth-order valence-electron chi connectivity index (χ4n) is 2.31. The minimum absolute atomic E-state index is 0.0280. The van der Waals surface area contributed by atoms with Crippen molar-refractivity contribution in [3.63, 3.8) is 0 Å². The summed E-state index contributed by atoms with van der Waals surface area (Å²) in [7, 11) is -1.93. The molecule has 1 fully saturated rings. The number of aromatic nitrogens is 1. The molecule has 0 aliphatic carbocycles. The predicted octanol–water partition coefficient (Wildman–Crippen LogP) is 1.97. The molecule has 0 radical (unpaired) electrons. The SMILES string of the molecule is CCN(CC1CCCO1)S(=O)(=O)c1cnc(NC)c(Cl)c1. The van der Waals surface area contributed by atoms with E-state index in [9.17, 15) is 8.42 Å². The summed E-state index contributed by atoms with van der Waals surface area (Å²) in [5.74, 6) is 0.456. The van der Waals surface area contributed by atoms with Gasteiger partial charge in [-0.3, -0.25) is 0 Å². The molecule has 1 saturated heterocycles. The Kier molecular flexibility index (Phi) is 5.43. The van der Waals surface area contributed by atoms with Gasteiger partial charge in [-0.1, -0.05) is 18.5 Å². The summed E-state index contributed by atoms with van der Waals surface area (Å²) in [6.45, 7) is 3.26. The molecule has 0 saturated carbocycles. The second-order valence-corrected chi connectivity index (χ2v) is 7.19. The fourth-order valence-corrected chi connectivity index (χ4v) is 4.09. The van der Waals surface area contributed by atoms with Crippen LogP contribution in [0.1, 0.15) is 19.8 Å². The van der Waals surface area contributed by atoms with Crippen LogP contribution in [0.25, 0.3) is 0 Å². The van der Waals surface area contributed by atoms with E-state index in [4.69, 9.17) is 16.3 Å². The van der Waals surface area contributed by atoms with Gasteiger partial charge in [0, 0.05) is 32.9 Å². The van der Waals surface area contributed by atoms with Crippen molar-refractivity contribution in [3.05, 3.63) is 17.3 Å². The van der Waals surface area contributed by atoms with Crippen LogP contribution in [0.5, 0.6) is 0 Å². The van der Waals surface area contributed by atoms with Crippen LogP contribution < -0.4 is 5.32 Å². The zero-order chi connectivity index (χ0) is 15.5. The summed E-state index contributed by atoms with van der Waals surface area (Å²) >= 11 is 6.02. The van der Waals surface area contributed by atoms with Crippen molar-refractivity contribution in [2.24, 2.45) is 0 Å². The largest absolute Gasteiger partial charge is 0.377 e. The molecule has 1 aromatic rings. The van der Waals surface area contributed by atoms with E-state index in [0.717, 1.165) is 12.8 Å². The second kappa shape index (κ2) is 6.91. The highest BCUT2D eigenvalue weighted by atomic mass is 35.5. The van der Waals surface area contributed by atoms with Crippen molar-refractivity contribution in [2.45, 2.75) is 30.8 Å². The molecule has 8 heteroatoms. The summed E-state index contributed by atoms with van der Waals surface area (Å²) in [6.07, 6.45) is 3.17. The molecule has 21 heavy (non-hydrogen) atoms. The van der Waals surface area contributed by atoms with Crippen molar-refractivity contribution in [3.8, 4) is 0 Å². The van der Waals surface area contributed by atoms with Gasteiger partial charge in [-0.05, 0) is 18.9 Å². The van der Waals surface area contributed by atoms with Crippen LogP contribution in [-0.4, -0.2) is 50.6 Å². The molecule has 0 bridgehead atoms. The highest BCUT2D eigenvalue weighted by molar-refractivity contribution is 7.89. The molecule has 118 valence electrons. The Hall–Kier alpha value is -0.890. The van der Waals surface area contributed by atoms with E-state index in [1.54, 1.807) is 7.05 Å². The number of rotatable bonds is 6. The molecule has 0 amide bonds. The Morgan fingerprint density at radius 2 is 2.33 bits per heavy atom. The van der Waals surface area contributed by atoms with Gasteiger partial charge in [0.1, 0.15) is 10.7 Å². The Labute approximate surface area is 130 Å². The molecule has 2 rings (SSSR count). The summed E-state index contributed by atoms with van der Waals surface area (Å²) < 4.78 is 32.2. The van der Waals surface area contributed by atoms with Crippen LogP contribution in [0, 0.1) is 0 Å². The van der Waals surface area contributed by atoms with Crippen molar-refractivity contribution in [2.75, 3.05) is 32.1 Å². The number of hydrogen-bond acceptors (Lipinski definition) is 5. The first-order chi connectivity index (χ1) is 9.98. The smallest absolute Gasteiger partial charge is 0.244 e. The maximum atomic E-state index is 12.7. The molecule has 1 N–H and O–H groups in total. The van der Waals surface area contributed by atoms with Crippen LogP contribution in [0.2, 0.25) is 5.02 Å². The average molecular weight is 334 g/mol. The second-order valence-electron chi connectivity index (χ2n) is 4.84. The van der Waals surface area contributed by atoms with Gasteiger partial charge < -0.3 is 10.1 Å². The first-order valence-electron chi connectivity index (χ1n) is 6.94. The lowest BCUT2D eigenvalue weighted by atomic mass is 10.2. The summed E-state index contributed by atoms with van der Waals surface area (Å²) in [6, 6.07) is 1.42. The number of nitrogens with one attached hydrogen (secondary N) is 1. The molecule has 0 aromatic carbocycles. The topological polar surface area (TPSA) is 71.5 Å². The number of sulfonamides is 1. The van der Waals surface area contributed by atoms with Crippen molar-refractivity contribution >= 4 is 27.4 Å². The van der Waals surface area contributed by atoms with Gasteiger partial charge in [0.2, 0.25) is 10.0 Å². The lowest BCUT2D eigenvalue weighted by molar-refractivity contribution is 0.0947. The lowest BCUT2D eigenvalue weighted by Crippen LogP contribution is -2.37. The van der Waals surface area contributed by atoms with Crippen LogP contribution in [0.15, 0.2) is 17.2 Å². The number of hydrogen-bond donors (Lipinski definition) is 1. The Balaban J connectivity index is 2.23. The number of pyridine rings is 1. The van der Waals surface area contributed by atoms with E-state index in [1.165, 1.54) is 16.6 Å². The van der Waals surface area contributed by atoms with Crippen molar-refractivity contribution < 1.29 is 13.2 Å². The first kappa shape index (κ1) is 16.5. The molecular weight excluding hydrogens is 314 g/mol. The van der Waals surface area contributed by atoms with E-state index in [-0.39, 0.29) is 16.0 Å². The minimum Gasteiger partial charge on any atom is -0.377 e. The normalized spacial score (nSPS) is 19.1. The molecule has 0 spiro atoms. The number of likely N-dealkylation sites (N-methyl/N-ethyl adjacent to an activating group) is 1. The third kappa shape index (κ3) is 3.66. The van der Waals surface area contributed by atoms with Gasteiger partial charge in [0.25, 0.3) is 0 Å². The number of ether oxygens (including phenoxy) is 1. The first-order valence-corrected chi connectivity index (χ1v) is 8.76. The maximum absolute atomic E-state index is 12.7. The molecule has 1 aliphatic rings. The van der Waals surface area contributed by atoms with Crippen LogP contribution in [-0.2, 0) is 14.8 Å². The third-order valence-corrected chi connectivity index (χ3v) is 5.67. The van der Waals surface area contributed by atoms with E-state index in [2.05, 4.69) is 10.3 Å². The summed E-state index contributed by atoms with van der Waals surface area (Å²) in [5.41, 5.74) is 0. The van der Waals surface area contributed by atoms with E-state index >= 15 is 0 Å². The minimum atomic E-state index is -3.61. The average Bonchev–Trinajstić information content (AvgIpc) is 2.97. The van der Waals surface area contributed by atoms with Crippen LogP contribution >= 0.6 is 11.6 Å². The fraction of sp³-hybridized carbons (Fsp3) is 0.615. The van der Waals surface area contributed by atoms with Gasteiger partial charge in [-0.2, -0.15) is 4.31 Å². The molecule has 1 atom stereocenters. The van der Waals surface area contributed by atoms with Gasteiger partial charge in [0.15, 0.2) is 0 Å². The zero-order valence-electron chi connectivity index (χ0n) is 12.2. The van der Waals surface area contributed by atoms with E-state index in [1.807, 2.05) is 6.92 Å². The van der Waals surface area contributed by atoms with Crippen LogP contribution in [0.4, 0.5) is 5.82 Å². The summed E-state index contributed by atoms with van der Waals surface area (Å²) in [5, 5.41) is 3.09. The van der Waals surface area contributed by atoms with E-state index in [0.29, 0.717) is 25.5 Å². The zero-order valence-corrected chi connectivity index (χ0v) is 13.7. The Morgan fingerprint density at radius 3 is 2.86 bits per heavy atom. The maximum Gasteiger partial charge on any atom is 0.244 e. The number of halogens is 1. The van der Waals surface area contributed by atoms with Gasteiger partial charge in [0.05, 0.1) is 11.1 Å². The third-order valence-electron chi connectivity index (χ3n) is 3.47.